The molecule has 0 radical (unpaired) electrons. The lowest BCUT2D eigenvalue weighted by molar-refractivity contribution is -0.118. The fourth-order valence-electron chi connectivity index (χ4n) is 1.08. The summed E-state index contributed by atoms with van der Waals surface area (Å²) in [6.07, 6.45) is 1.67. The fourth-order valence-corrected chi connectivity index (χ4v) is 1.08. The van der Waals surface area contributed by atoms with Gasteiger partial charge in [-0.1, -0.05) is 13.8 Å². The number of amides is 1. The largest absolute Gasteiger partial charge is 0.473 e. The Labute approximate surface area is 96.0 Å². The first-order valence-electron chi connectivity index (χ1n) is 5.43. The Morgan fingerprint density at radius 2 is 2.06 bits per heavy atom. The minimum atomic E-state index is -0.0629. The minimum Gasteiger partial charge on any atom is -0.473 e. The van der Waals surface area contributed by atoms with Crippen molar-refractivity contribution in [3.63, 3.8) is 0 Å². The number of aromatic nitrogens is 1. The van der Waals surface area contributed by atoms with Crippen molar-refractivity contribution in [3.05, 3.63) is 18.3 Å². The molecule has 0 aliphatic rings. The van der Waals surface area contributed by atoms with Crippen molar-refractivity contribution in [3.8, 4) is 5.88 Å². The number of nitrogens with one attached hydrogen (secondary N) is 1. The first-order valence-corrected chi connectivity index (χ1v) is 5.43. The van der Waals surface area contributed by atoms with E-state index in [2.05, 4.69) is 10.3 Å². The molecule has 0 saturated heterocycles. The van der Waals surface area contributed by atoms with Gasteiger partial charge in [-0.3, -0.25) is 4.79 Å². The normalized spacial score (nSPS) is 10.6. The van der Waals surface area contributed by atoms with Gasteiger partial charge in [-0.05, 0) is 26.0 Å². The molecule has 0 aliphatic carbocycles. The van der Waals surface area contributed by atoms with Gasteiger partial charge in [0.05, 0.1) is 6.10 Å². The molecule has 0 bridgehead atoms. The molecule has 0 spiro atoms. The van der Waals surface area contributed by atoms with Crippen LogP contribution in [-0.2, 0) is 4.79 Å². The average Bonchev–Trinajstić information content (AvgIpc) is 2.20. The number of anilines is 1. The number of nitrogens with zero attached hydrogens (tertiary/aromatic N) is 1. The zero-order valence-electron chi connectivity index (χ0n) is 10.2. The van der Waals surface area contributed by atoms with Crippen molar-refractivity contribution in [1.29, 1.82) is 0 Å². The van der Waals surface area contributed by atoms with Crippen LogP contribution in [0.2, 0.25) is 0 Å². The molecule has 0 fully saturated rings. The maximum atomic E-state index is 11.6. The van der Waals surface area contributed by atoms with E-state index < -0.39 is 0 Å². The van der Waals surface area contributed by atoms with Crippen LogP contribution in [0, 0.1) is 5.92 Å². The first kappa shape index (κ1) is 12.5. The van der Waals surface area contributed by atoms with E-state index in [1.807, 2.05) is 27.7 Å². The number of pyridine rings is 1. The van der Waals surface area contributed by atoms with Gasteiger partial charge in [-0.25, -0.2) is 4.98 Å². The van der Waals surface area contributed by atoms with Gasteiger partial charge in [-0.15, -0.1) is 0 Å². The number of ether oxygens (including phenoxy) is 1. The van der Waals surface area contributed by atoms with E-state index in [-0.39, 0.29) is 17.9 Å². The van der Waals surface area contributed by atoms with Crippen molar-refractivity contribution < 1.29 is 9.53 Å². The summed E-state index contributed by atoms with van der Waals surface area (Å²) in [4.78, 5) is 15.7. The second kappa shape index (κ2) is 5.49. The van der Waals surface area contributed by atoms with Crippen LogP contribution >= 0.6 is 0 Å². The molecule has 0 atom stereocenters. The molecular formula is C12H18N2O2. The highest BCUT2D eigenvalue weighted by Crippen LogP contribution is 2.22. The zero-order chi connectivity index (χ0) is 12.1. The van der Waals surface area contributed by atoms with Crippen LogP contribution in [0.15, 0.2) is 18.3 Å². The maximum Gasteiger partial charge on any atom is 0.238 e. The molecule has 88 valence electrons. The third kappa shape index (κ3) is 3.53. The van der Waals surface area contributed by atoms with Gasteiger partial charge in [0.25, 0.3) is 0 Å². The Kier molecular flexibility index (Phi) is 4.28. The molecule has 0 aliphatic heterocycles. The topological polar surface area (TPSA) is 51.2 Å². The van der Waals surface area contributed by atoms with Crippen LogP contribution in [0.25, 0.3) is 0 Å². The highest BCUT2D eigenvalue weighted by molar-refractivity contribution is 5.93. The molecule has 4 nitrogen and oxygen atoms in total. The van der Waals surface area contributed by atoms with Crippen LogP contribution < -0.4 is 10.1 Å². The van der Waals surface area contributed by atoms with Gasteiger partial charge >= 0.3 is 0 Å². The van der Waals surface area contributed by atoms with Gasteiger partial charge in [0.2, 0.25) is 11.8 Å². The van der Waals surface area contributed by atoms with Gasteiger partial charge in [0.15, 0.2) is 0 Å². The van der Waals surface area contributed by atoms with Crippen LogP contribution in [0.1, 0.15) is 27.7 Å². The van der Waals surface area contributed by atoms with E-state index >= 15 is 0 Å². The lowest BCUT2D eigenvalue weighted by Crippen LogP contribution is -2.19. The number of hydrogen-bond acceptors (Lipinski definition) is 3. The molecule has 1 heterocycles. The summed E-state index contributed by atoms with van der Waals surface area (Å²) in [5, 5.41) is 2.79. The quantitative estimate of drug-likeness (QED) is 0.851. The van der Waals surface area contributed by atoms with E-state index in [9.17, 15) is 4.79 Å². The maximum absolute atomic E-state index is 11.6. The van der Waals surface area contributed by atoms with E-state index in [0.717, 1.165) is 0 Å². The van der Waals surface area contributed by atoms with Crippen molar-refractivity contribution in [2.75, 3.05) is 5.32 Å². The van der Waals surface area contributed by atoms with Gasteiger partial charge < -0.3 is 10.1 Å². The molecule has 1 rings (SSSR count). The van der Waals surface area contributed by atoms with Crippen molar-refractivity contribution >= 4 is 11.6 Å². The summed E-state index contributed by atoms with van der Waals surface area (Å²) < 4.78 is 5.50. The summed E-state index contributed by atoms with van der Waals surface area (Å²) in [7, 11) is 0. The Morgan fingerprint density at radius 1 is 1.38 bits per heavy atom. The smallest absolute Gasteiger partial charge is 0.238 e. The van der Waals surface area contributed by atoms with E-state index in [1.54, 1.807) is 18.3 Å². The standard InChI is InChI=1S/C12H18N2O2/c1-8(2)11(15)14-10-6-5-7-13-12(10)16-9(3)4/h5-9H,1-4H3,(H,14,15). The molecule has 0 saturated carbocycles. The molecular weight excluding hydrogens is 204 g/mol. The number of hydrogen-bond donors (Lipinski definition) is 1. The second-order valence-corrected chi connectivity index (χ2v) is 4.17. The monoisotopic (exact) mass is 222 g/mol. The van der Waals surface area contributed by atoms with Gasteiger partial charge in [0, 0.05) is 12.1 Å². The van der Waals surface area contributed by atoms with E-state index in [0.29, 0.717) is 11.6 Å². The summed E-state index contributed by atoms with van der Waals surface area (Å²) >= 11 is 0. The predicted molar refractivity (Wildman–Crippen MR) is 63.5 cm³/mol. The number of carbonyl (C=O) groups excluding carboxylic acids is 1. The van der Waals surface area contributed by atoms with Gasteiger partial charge in [0.1, 0.15) is 5.69 Å². The molecule has 0 aromatic carbocycles. The molecule has 1 aromatic heterocycles. The minimum absolute atomic E-state index is 0.0320. The average molecular weight is 222 g/mol. The van der Waals surface area contributed by atoms with Gasteiger partial charge in [-0.2, -0.15) is 0 Å². The molecule has 16 heavy (non-hydrogen) atoms. The van der Waals surface area contributed by atoms with Crippen LogP contribution in [0.4, 0.5) is 5.69 Å². The Hall–Kier alpha value is -1.58. The SMILES string of the molecule is CC(C)Oc1ncccc1NC(=O)C(C)C. The third-order valence-corrected chi connectivity index (χ3v) is 1.90. The Bertz CT molecular complexity index is 362. The highest BCUT2D eigenvalue weighted by Gasteiger charge is 2.12. The first-order chi connectivity index (χ1) is 7.50. The zero-order valence-corrected chi connectivity index (χ0v) is 10.2. The highest BCUT2D eigenvalue weighted by atomic mass is 16.5. The number of rotatable bonds is 4. The molecule has 1 aromatic rings. The van der Waals surface area contributed by atoms with Crippen LogP contribution in [-0.4, -0.2) is 17.0 Å². The van der Waals surface area contributed by atoms with E-state index in [1.165, 1.54) is 0 Å². The predicted octanol–water partition coefficient (Wildman–Crippen LogP) is 2.46. The Morgan fingerprint density at radius 3 is 2.62 bits per heavy atom. The lowest BCUT2D eigenvalue weighted by Gasteiger charge is -2.14. The summed E-state index contributed by atoms with van der Waals surface area (Å²) in [5.41, 5.74) is 0.620. The van der Waals surface area contributed by atoms with Crippen LogP contribution in [0.5, 0.6) is 5.88 Å². The van der Waals surface area contributed by atoms with Crippen molar-refractivity contribution in [1.82, 2.24) is 4.98 Å². The van der Waals surface area contributed by atoms with E-state index in [4.69, 9.17) is 4.74 Å². The molecule has 1 amide bonds. The summed E-state index contributed by atoms with van der Waals surface area (Å²) in [5.74, 6) is 0.361. The van der Waals surface area contributed by atoms with Crippen molar-refractivity contribution in [2.45, 2.75) is 33.8 Å². The molecule has 4 heteroatoms. The molecule has 0 unspecified atom stereocenters. The number of carbonyl (C=O) groups is 1. The summed E-state index contributed by atoms with van der Waals surface area (Å²) in [6, 6.07) is 3.55. The lowest BCUT2D eigenvalue weighted by atomic mass is 10.2. The summed E-state index contributed by atoms with van der Waals surface area (Å²) in [6.45, 7) is 7.52. The third-order valence-electron chi connectivity index (χ3n) is 1.90. The second-order valence-electron chi connectivity index (χ2n) is 4.17. The molecule has 1 N–H and O–H groups in total. The van der Waals surface area contributed by atoms with Crippen LogP contribution in [0.3, 0.4) is 0 Å². The Balaban J connectivity index is 2.82. The van der Waals surface area contributed by atoms with Crippen molar-refractivity contribution in [2.24, 2.45) is 5.92 Å². The fraction of sp³-hybridized carbons (Fsp3) is 0.500.